The topological polar surface area (TPSA) is 66.6 Å². The summed E-state index contributed by atoms with van der Waals surface area (Å²) in [5.74, 6) is -4.48. The lowest BCUT2D eigenvalue weighted by atomic mass is 9.48. The third-order valence-corrected chi connectivity index (χ3v) is 6.87. The van der Waals surface area contributed by atoms with Crippen LogP contribution in [-0.4, -0.2) is 59.9 Å². The van der Waals surface area contributed by atoms with Gasteiger partial charge in [-0.3, -0.25) is 9.59 Å². The molecule has 0 unspecified atom stereocenters. The Balaban J connectivity index is 1.90. The summed E-state index contributed by atoms with van der Waals surface area (Å²) in [6.45, 7) is -0.908. The molecule has 1 heterocycles. The summed E-state index contributed by atoms with van der Waals surface area (Å²) < 4.78 is 54.7. The number of hydrogen-bond acceptors (Lipinski definition) is 3. The van der Waals surface area contributed by atoms with Crippen LogP contribution in [0.4, 0.5) is 28.9 Å². The molecule has 14 heteroatoms. The van der Waals surface area contributed by atoms with Crippen molar-refractivity contribution in [3.05, 3.63) is 81.6 Å². The minimum atomic E-state index is -4.46. The molecule has 1 aliphatic heterocycles. The van der Waals surface area contributed by atoms with Crippen molar-refractivity contribution in [3.63, 3.8) is 0 Å². The maximum Gasteiger partial charge on any atom is 0.395 e. The summed E-state index contributed by atoms with van der Waals surface area (Å²) in [5.41, 5.74) is 5.58. The second kappa shape index (κ2) is 10.5. The van der Waals surface area contributed by atoms with Gasteiger partial charge < -0.3 is 15.5 Å². The Bertz CT molecular complexity index is 1440. The molecule has 3 aromatic carbocycles. The first-order valence-electron chi connectivity index (χ1n) is 11.3. The van der Waals surface area contributed by atoms with Crippen LogP contribution in [0.3, 0.4) is 0 Å². The second-order valence-electron chi connectivity index (χ2n) is 9.03. The van der Waals surface area contributed by atoms with Crippen LogP contribution in [-0.2, 0) is 0 Å². The van der Waals surface area contributed by atoms with E-state index in [9.17, 15) is 27.2 Å². The van der Waals surface area contributed by atoms with Crippen LogP contribution in [0.25, 0.3) is 11.1 Å². The van der Waals surface area contributed by atoms with Crippen molar-refractivity contribution in [3.8, 4) is 11.1 Å². The van der Waals surface area contributed by atoms with E-state index < -0.39 is 53.6 Å². The molecule has 39 heavy (non-hydrogen) atoms. The van der Waals surface area contributed by atoms with Gasteiger partial charge in [0.2, 0.25) is 5.91 Å². The first-order chi connectivity index (χ1) is 18.1. The molecule has 0 aromatic heterocycles. The Morgan fingerprint density at radius 1 is 0.974 bits per heavy atom. The van der Waals surface area contributed by atoms with E-state index in [-0.39, 0.29) is 27.0 Å². The Morgan fingerprint density at radius 2 is 1.64 bits per heavy atom. The number of primary amides is 1. The van der Waals surface area contributed by atoms with Gasteiger partial charge in [0.1, 0.15) is 5.82 Å². The Labute approximate surface area is 235 Å². The fourth-order valence-corrected chi connectivity index (χ4v) is 4.69. The van der Waals surface area contributed by atoms with Crippen molar-refractivity contribution in [1.82, 2.24) is 0 Å². The van der Waals surface area contributed by atoms with E-state index in [1.807, 2.05) is 0 Å². The van der Waals surface area contributed by atoms with Gasteiger partial charge in [-0.1, -0.05) is 40.6 Å². The minimum Gasteiger partial charge on any atom is -0.368 e. The van der Waals surface area contributed by atoms with Crippen molar-refractivity contribution in [2.24, 2.45) is 11.7 Å². The third kappa shape index (κ3) is 5.77. The summed E-state index contributed by atoms with van der Waals surface area (Å²) in [4.78, 5) is 27.3. The highest BCUT2D eigenvalue weighted by Crippen LogP contribution is 2.44. The van der Waals surface area contributed by atoms with Gasteiger partial charge in [0.25, 0.3) is 5.91 Å². The first kappa shape index (κ1) is 28.9. The monoisotopic (exact) mass is 569 g/mol. The van der Waals surface area contributed by atoms with Gasteiger partial charge in [-0.15, -0.1) is 0 Å². The highest BCUT2D eigenvalue weighted by Gasteiger charge is 2.48. The number of carbonyl (C=O) groups is 2. The lowest BCUT2D eigenvalue weighted by Gasteiger charge is -2.46. The highest BCUT2D eigenvalue weighted by molar-refractivity contribution is 6.62. The number of nitrogens with zero attached hydrogens (tertiary/aromatic N) is 2. The molecule has 3 aromatic rings. The SMILES string of the molecule is [B]C([B])([B])N(C(=O)c1c(F)cccc1Cl)c1ccc(-c2cc(C(N)=O)ccc2Cl)cc1N1CC(C(F)(F)F)C1. The normalized spacial score (nSPS) is 14.2. The average molecular weight is 570 g/mol. The van der Waals surface area contributed by atoms with E-state index in [0.717, 1.165) is 6.07 Å². The summed E-state index contributed by atoms with van der Waals surface area (Å²) in [7, 11) is 17.8. The molecule has 0 spiro atoms. The lowest BCUT2D eigenvalue weighted by Crippen LogP contribution is -2.57. The van der Waals surface area contributed by atoms with Gasteiger partial charge >= 0.3 is 6.18 Å². The fraction of sp³-hybridized carbons (Fsp3) is 0.200. The number of hydrogen-bond donors (Lipinski definition) is 1. The van der Waals surface area contributed by atoms with Crippen LogP contribution in [0.1, 0.15) is 20.7 Å². The van der Waals surface area contributed by atoms with Crippen molar-refractivity contribution in [2.75, 3.05) is 22.9 Å². The molecule has 4 rings (SSSR count). The molecule has 0 bridgehead atoms. The maximum atomic E-state index is 14.7. The van der Waals surface area contributed by atoms with Gasteiger partial charge in [-0.05, 0) is 48.0 Å². The first-order valence-corrected chi connectivity index (χ1v) is 12.1. The quantitative estimate of drug-likeness (QED) is 0.347. The van der Waals surface area contributed by atoms with Gasteiger partial charge in [0.15, 0.2) is 0 Å². The molecule has 194 valence electrons. The van der Waals surface area contributed by atoms with Gasteiger partial charge in [0, 0.05) is 29.2 Å². The zero-order chi connectivity index (χ0) is 28.9. The van der Waals surface area contributed by atoms with Gasteiger partial charge in [0.05, 0.1) is 51.4 Å². The molecule has 5 nitrogen and oxygen atoms in total. The third-order valence-electron chi connectivity index (χ3n) is 6.23. The summed E-state index contributed by atoms with van der Waals surface area (Å²) >= 11 is 12.4. The smallest absolute Gasteiger partial charge is 0.368 e. The highest BCUT2D eigenvalue weighted by atomic mass is 35.5. The van der Waals surface area contributed by atoms with Crippen molar-refractivity contribution < 1.29 is 27.2 Å². The molecular weight excluding hydrogens is 554 g/mol. The molecule has 0 atom stereocenters. The minimum absolute atomic E-state index is 0.0695. The van der Waals surface area contributed by atoms with Crippen LogP contribution < -0.4 is 15.5 Å². The summed E-state index contributed by atoms with van der Waals surface area (Å²) in [6.07, 6.45) is -4.46. The number of alkyl halides is 3. The predicted octanol–water partition coefficient (Wildman–Crippen LogP) is 4.66. The summed E-state index contributed by atoms with van der Waals surface area (Å²) in [5, 5.41) is -2.48. The molecule has 2 amide bonds. The van der Waals surface area contributed by atoms with Crippen molar-refractivity contribution >= 4 is 69.9 Å². The average Bonchev–Trinajstić information content (AvgIpc) is 2.77. The zero-order valence-corrected chi connectivity index (χ0v) is 21.5. The van der Waals surface area contributed by atoms with E-state index in [1.165, 1.54) is 53.4 Å². The molecule has 6 radical (unpaired) electrons. The number of amides is 2. The largest absolute Gasteiger partial charge is 0.395 e. The number of rotatable bonds is 6. The van der Waals surface area contributed by atoms with E-state index >= 15 is 0 Å². The zero-order valence-electron chi connectivity index (χ0n) is 20.0. The summed E-state index contributed by atoms with van der Waals surface area (Å²) in [6, 6.07) is 12.0. The number of benzene rings is 3. The number of anilines is 2. The molecule has 1 saturated heterocycles. The second-order valence-corrected chi connectivity index (χ2v) is 9.84. The number of carbonyl (C=O) groups excluding carboxylic acids is 2. The predicted molar refractivity (Wildman–Crippen MR) is 145 cm³/mol. The molecule has 0 saturated carbocycles. The van der Waals surface area contributed by atoms with E-state index in [2.05, 4.69) is 0 Å². The maximum absolute atomic E-state index is 14.7. The standard InChI is InChI=1S/C25H16B3Cl2F4N3O2/c26-25(27,28)37(23(39)21-17(30)2-1-3-18(21)31)19-7-5-12(15-8-13(22(35)38)4-6-16(15)29)9-20(19)36-10-14(11-36)24(32,33)34/h1-9,14H,10-11H2,(H2,35,38). The molecule has 1 aliphatic rings. The Kier molecular flexibility index (Phi) is 7.75. The molecular formula is C25H16B3Cl2F4N3O2. The van der Waals surface area contributed by atoms with Crippen molar-refractivity contribution in [2.45, 2.75) is 11.4 Å². The van der Waals surface area contributed by atoms with Crippen LogP contribution in [0, 0.1) is 11.7 Å². The number of halogens is 6. The Hall–Kier alpha value is -3.11. The number of nitrogens with two attached hydrogens (primary N) is 1. The molecule has 0 aliphatic carbocycles. The van der Waals surface area contributed by atoms with Crippen LogP contribution in [0.5, 0.6) is 0 Å². The van der Waals surface area contributed by atoms with Crippen LogP contribution >= 0.6 is 23.2 Å². The molecule has 2 N–H and O–H groups in total. The van der Waals surface area contributed by atoms with Crippen molar-refractivity contribution in [1.29, 1.82) is 0 Å². The van der Waals surface area contributed by atoms with E-state index in [0.29, 0.717) is 16.0 Å². The van der Waals surface area contributed by atoms with E-state index in [1.54, 1.807) is 0 Å². The van der Waals surface area contributed by atoms with Gasteiger partial charge in [-0.25, -0.2) is 4.39 Å². The fourth-order valence-electron chi connectivity index (χ4n) is 4.22. The van der Waals surface area contributed by atoms with Gasteiger partial charge in [-0.2, -0.15) is 13.2 Å². The van der Waals surface area contributed by atoms with Crippen LogP contribution in [0.2, 0.25) is 10.0 Å². The van der Waals surface area contributed by atoms with Crippen LogP contribution in [0.15, 0.2) is 54.6 Å². The Morgan fingerprint density at radius 3 is 2.21 bits per heavy atom. The van der Waals surface area contributed by atoms with E-state index in [4.69, 9.17) is 52.5 Å². The molecule has 1 fully saturated rings. The lowest BCUT2D eigenvalue weighted by molar-refractivity contribution is -0.180.